The summed E-state index contributed by atoms with van der Waals surface area (Å²) in [6, 6.07) is 0.0997. The molecule has 4 heterocycles. The van der Waals surface area contributed by atoms with Crippen LogP contribution in [-0.4, -0.2) is 56.1 Å². The van der Waals surface area contributed by atoms with Gasteiger partial charge in [0.1, 0.15) is 16.1 Å². The van der Waals surface area contributed by atoms with E-state index in [1.54, 1.807) is 0 Å². The van der Waals surface area contributed by atoms with Gasteiger partial charge in [0.15, 0.2) is 5.65 Å². The Kier molecular flexibility index (Phi) is 5.41. The molecule has 1 unspecified atom stereocenters. The molecule has 0 aliphatic carbocycles. The Labute approximate surface area is 177 Å². The predicted molar refractivity (Wildman–Crippen MR) is 116 cm³/mol. The number of halogens is 1. The van der Waals surface area contributed by atoms with E-state index in [2.05, 4.69) is 42.4 Å². The van der Waals surface area contributed by atoms with Gasteiger partial charge in [0.2, 0.25) is 0 Å². The average Bonchev–Trinajstić information content (AvgIpc) is 3.17. The van der Waals surface area contributed by atoms with Crippen LogP contribution in [0.25, 0.3) is 11.2 Å². The molecule has 0 amide bonds. The SMILES string of the molecule is C[C@@H]1OCC2(CCN(c3cnc4c(Br)c[nH]c4n3)CC2)[C@@H]1N[S+]([O-])C(C)(C)C. The molecule has 2 saturated heterocycles. The van der Waals surface area contributed by atoms with Crippen LogP contribution in [-0.2, 0) is 16.1 Å². The van der Waals surface area contributed by atoms with Gasteiger partial charge in [-0.3, -0.25) is 0 Å². The van der Waals surface area contributed by atoms with Crippen LogP contribution in [0.15, 0.2) is 16.9 Å². The summed E-state index contributed by atoms with van der Waals surface area (Å²) in [5.41, 5.74) is 1.66. The Bertz CT molecular complexity index is 846. The molecule has 2 N–H and O–H groups in total. The lowest BCUT2D eigenvalue weighted by molar-refractivity contribution is 0.0973. The van der Waals surface area contributed by atoms with Crippen molar-refractivity contribution in [2.45, 2.75) is 57.4 Å². The maximum Gasteiger partial charge on any atom is 0.159 e. The van der Waals surface area contributed by atoms with Crippen molar-refractivity contribution in [3.63, 3.8) is 0 Å². The van der Waals surface area contributed by atoms with Gasteiger partial charge in [0.05, 0.1) is 29.4 Å². The maximum absolute atomic E-state index is 12.7. The number of ether oxygens (including phenoxy) is 1. The molecule has 154 valence electrons. The fraction of sp³-hybridized carbons (Fsp3) is 0.684. The van der Waals surface area contributed by atoms with Gasteiger partial charge < -0.3 is 19.2 Å². The largest absolute Gasteiger partial charge is 0.598 e. The van der Waals surface area contributed by atoms with Gasteiger partial charge in [-0.25, -0.2) is 9.97 Å². The molecule has 2 aromatic rings. The Hall–Kier alpha value is -0.870. The van der Waals surface area contributed by atoms with E-state index in [-0.39, 0.29) is 22.3 Å². The first-order valence-corrected chi connectivity index (χ1v) is 11.7. The van der Waals surface area contributed by atoms with Crippen LogP contribution in [0.5, 0.6) is 0 Å². The van der Waals surface area contributed by atoms with E-state index in [9.17, 15) is 4.55 Å². The zero-order valence-corrected chi connectivity index (χ0v) is 19.2. The number of nitrogens with zero attached hydrogens (tertiary/aromatic N) is 3. The standard InChI is InChI=1S/C19H28BrN5O2S/c1-12-16(24-28(26)18(2,3)4)19(11-27-12)5-7-25(8-6-19)14-10-21-15-13(20)9-22-17(15)23-14/h9-10,12,16,24H,5-8,11H2,1-4H3,(H,22,23)/t12-,16+,28?/m0/s1. The molecule has 1 spiro atoms. The summed E-state index contributed by atoms with van der Waals surface area (Å²) in [6.45, 7) is 10.6. The van der Waals surface area contributed by atoms with E-state index >= 15 is 0 Å². The molecule has 0 saturated carbocycles. The quantitative estimate of drug-likeness (QED) is 0.671. The van der Waals surface area contributed by atoms with E-state index < -0.39 is 11.4 Å². The van der Waals surface area contributed by atoms with E-state index in [0.29, 0.717) is 0 Å². The van der Waals surface area contributed by atoms with Crippen molar-refractivity contribution in [3.8, 4) is 0 Å². The minimum Gasteiger partial charge on any atom is -0.598 e. The smallest absolute Gasteiger partial charge is 0.159 e. The minimum absolute atomic E-state index is 0.0177. The highest BCUT2D eigenvalue weighted by atomic mass is 79.9. The maximum atomic E-state index is 12.7. The minimum atomic E-state index is -1.11. The molecule has 4 rings (SSSR count). The zero-order chi connectivity index (χ0) is 20.1. The first-order chi connectivity index (χ1) is 13.2. The van der Waals surface area contributed by atoms with Gasteiger partial charge in [0.25, 0.3) is 0 Å². The van der Waals surface area contributed by atoms with E-state index in [0.717, 1.165) is 54.0 Å². The highest BCUT2D eigenvalue weighted by molar-refractivity contribution is 9.10. The molecular formula is C19H28BrN5O2S. The molecular weight excluding hydrogens is 442 g/mol. The molecule has 2 aromatic heterocycles. The predicted octanol–water partition coefficient (Wildman–Crippen LogP) is 3.15. The summed E-state index contributed by atoms with van der Waals surface area (Å²) < 4.78 is 22.8. The summed E-state index contributed by atoms with van der Waals surface area (Å²) >= 11 is 2.37. The Morgan fingerprint density at radius 2 is 2.11 bits per heavy atom. The summed E-state index contributed by atoms with van der Waals surface area (Å²) in [7, 11) is 0. The topological polar surface area (TPSA) is 89.1 Å². The van der Waals surface area contributed by atoms with E-state index in [1.165, 1.54) is 0 Å². The van der Waals surface area contributed by atoms with Gasteiger partial charge in [-0.1, -0.05) is 0 Å². The molecule has 3 atom stereocenters. The number of nitrogens with one attached hydrogen (secondary N) is 2. The third-order valence-corrected chi connectivity index (χ3v) is 8.14. The average molecular weight is 470 g/mol. The summed E-state index contributed by atoms with van der Waals surface area (Å²) in [6.07, 6.45) is 5.72. The molecule has 9 heteroatoms. The second-order valence-electron chi connectivity index (χ2n) is 8.90. The van der Waals surface area contributed by atoms with Crippen LogP contribution in [0.3, 0.4) is 0 Å². The van der Waals surface area contributed by atoms with Crippen molar-refractivity contribution >= 4 is 44.3 Å². The first-order valence-electron chi connectivity index (χ1n) is 9.74. The van der Waals surface area contributed by atoms with Crippen LogP contribution in [0.2, 0.25) is 0 Å². The van der Waals surface area contributed by atoms with Crippen molar-refractivity contribution in [1.82, 2.24) is 19.7 Å². The Morgan fingerprint density at radius 1 is 1.39 bits per heavy atom. The lowest BCUT2D eigenvalue weighted by Gasteiger charge is -2.43. The van der Waals surface area contributed by atoms with Crippen LogP contribution < -0.4 is 9.62 Å². The zero-order valence-electron chi connectivity index (χ0n) is 16.8. The molecule has 28 heavy (non-hydrogen) atoms. The molecule has 2 aliphatic heterocycles. The number of fused-ring (bicyclic) bond motifs is 1. The number of hydrogen-bond acceptors (Lipinski definition) is 6. The van der Waals surface area contributed by atoms with Gasteiger partial charge in [-0.2, -0.15) is 0 Å². The number of aromatic nitrogens is 3. The van der Waals surface area contributed by atoms with Crippen LogP contribution in [0, 0.1) is 5.41 Å². The number of H-pyrrole nitrogens is 1. The van der Waals surface area contributed by atoms with Gasteiger partial charge >= 0.3 is 0 Å². The third-order valence-electron chi connectivity index (χ3n) is 5.96. The van der Waals surface area contributed by atoms with E-state index in [1.807, 2.05) is 33.2 Å². The van der Waals surface area contributed by atoms with Gasteiger partial charge in [0, 0.05) is 36.1 Å². The molecule has 2 aliphatic rings. The number of rotatable bonds is 3. The highest BCUT2D eigenvalue weighted by Gasteiger charge is 2.52. The number of aromatic amines is 1. The van der Waals surface area contributed by atoms with Crippen LogP contribution in [0.1, 0.15) is 40.5 Å². The van der Waals surface area contributed by atoms with E-state index in [4.69, 9.17) is 9.72 Å². The van der Waals surface area contributed by atoms with Gasteiger partial charge in [-0.05, 0) is 56.5 Å². The Balaban J connectivity index is 1.48. The van der Waals surface area contributed by atoms with Crippen molar-refractivity contribution in [3.05, 3.63) is 16.9 Å². The van der Waals surface area contributed by atoms with Crippen LogP contribution >= 0.6 is 15.9 Å². The van der Waals surface area contributed by atoms with Crippen molar-refractivity contribution in [2.24, 2.45) is 5.41 Å². The number of anilines is 1. The number of piperidine rings is 1. The normalized spacial score (nSPS) is 26.3. The number of hydrogen-bond donors (Lipinski definition) is 2. The van der Waals surface area contributed by atoms with Crippen molar-refractivity contribution in [1.29, 1.82) is 0 Å². The Morgan fingerprint density at radius 3 is 2.79 bits per heavy atom. The molecule has 7 nitrogen and oxygen atoms in total. The fourth-order valence-electron chi connectivity index (χ4n) is 4.14. The summed E-state index contributed by atoms with van der Waals surface area (Å²) in [5.74, 6) is 0.895. The molecule has 0 bridgehead atoms. The monoisotopic (exact) mass is 469 g/mol. The first kappa shape index (κ1) is 20.4. The lowest BCUT2D eigenvalue weighted by atomic mass is 9.73. The summed E-state index contributed by atoms with van der Waals surface area (Å²) in [4.78, 5) is 14.7. The highest BCUT2D eigenvalue weighted by Crippen LogP contribution is 2.43. The molecule has 2 fully saturated rings. The second-order valence-corrected chi connectivity index (χ2v) is 11.8. The summed E-state index contributed by atoms with van der Waals surface area (Å²) in [5, 5.41) is 0. The van der Waals surface area contributed by atoms with Crippen LogP contribution in [0.4, 0.5) is 5.82 Å². The van der Waals surface area contributed by atoms with Crippen molar-refractivity contribution < 1.29 is 9.29 Å². The van der Waals surface area contributed by atoms with Gasteiger partial charge in [-0.15, -0.1) is 4.72 Å². The lowest BCUT2D eigenvalue weighted by Crippen LogP contribution is -2.56. The van der Waals surface area contributed by atoms with Crippen molar-refractivity contribution in [2.75, 3.05) is 24.6 Å². The fourth-order valence-corrected chi connectivity index (χ4v) is 5.57. The second kappa shape index (κ2) is 7.43. The third kappa shape index (κ3) is 3.67. The molecule has 0 radical (unpaired) electrons. The molecule has 0 aromatic carbocycles.